The number of rotatable bonds is 5. The summed E-state index contributed by atoms with van der Waals surface area (Å²) in [6, 6.07) is 10.5. The van der Waals surface area contributed by atoms with E-state index in [1.54, 1.807) is 6.08 Å². The molecule has 1 unspecified atom stereocenters. The predicted molar refractivity (Wildman–Crippen MR) is 75.8 cm³/mol. The molecule has 0 aliphatic rings. The van der Waals surface area contributed by atoms with Crippen LogP contribution in [0.25, 0.3) is 0 Å². The lowest BCUT2D eigenvalue weighted by atomic mass is 10.0. The third-order valence-electron chi connectivity index (χ3n) is 2.39. The zero-order chi connectivity index (χ0) is 11.8. The lowest BCUT2D eigenvalue weighted by Crippen LogP contribution is -1.91. The molecular weight excluding hydrogens is 260 g/mol. The molecule has 1 aromatic rings. The molecule has 1 atom stereocenters. The highest BCUT2D eigenvalue weighted by Gasteiger charge is 2.07. The molecule has 1 heteroatoms. The molecule has 0 aliphatic carbocycles. The first-order chi connectivity index (χ1) is 7.77. The SMILES string of the molecule is C=C/C=C\C(=C/C)CC(Br)c1ccccc1. The zero-order valence-electron chi connectivity index (χ0n) is 9.57. The summed E-state index contributed by atoms with van der Waals surface area (Å²) in [6.07, 6.45) is 9.00. The molecule has 0 aliphatic heterocycles. The number of hydrogen-bond donors (Lipinski definition) is 0. The van der Waals surface area contributed by atoms with Crippen LogP contribution in [0.4, 0.5) is 0 Å². The van der Waals surface area contributed by atoms with Crippen molar-refractivity contribution in [2.45, 2.75) is 18.2 Å². The maximum atomic E-state index is 3.72. The van der Waals surface area contributed by atoms with Crippen LogP contribution in [-0.2, 0) is 0 Å². The summed E-state index contributed by atoms with van der Waals surface area (Å²) < 4.78 is 0. The normalized spacial score (nSPS) is 14.0. The Balaban J connectivity index is 2.66. The second-order valence-electron chi connectivity index (χ2n) is 3.54. The molecule has 0 aromatic heterocycles. The van der Waals surface area contributed by atoms with E-state index in [1.807, 2.05) is 12.1 Å². The standard InChI is InChI=1S/C15H17Br/c1-3-5-9-13(4-2)12-15(16)14-10-7-6-8-11-14/h3-11,15H,1,12H2,2H3/b9-5-,13-4+. The van der Waals surface area contributed by atoms with Crippen molar-refractivity contribution >= 4 is 15.9 Å². The van der Waals surface area contributed by atoms with E-state index in [2.05, 4.69) is 65.9 Å². The fourth-order valence-corrected chi connectivity index (χ4v) is 2.14. The first kappa shape index (κ1) is 13.0. The average molecular weight is 277 g/mol. The van der Waals surface area contributed by atoms with Crippen LogP contribution in [0.3, 0.4) is 0 Å². The summed E-state index contributed by atoms with van der Waals surface area (Å²) in [5.74, 6) is 0. The molecular formula is C15H17Br. The zero-order valence-corrected chi connectivity index (χ0v) is 11.2. The van der Waals surface area contributed by atoms with Crippen molar-refractivity contribution in [2.24, 2.45) is 0 Å². The van der Waals surface area contributed by atoms with Gasteiger partial charge in [-0.15, -0.1) is 0 Å². The molecule has 1 rings (SSSR count). The largest absolute Gasteiger partial charge is 0.0991 e. The second kappa shape index (κ2) is 7.24. The van der Waals surface area contributed by atoms with Crippen molar-refractivity contribution in [2.75, 3.05) is 0 Å². The maximum absolute atomic E-state index is 3.72. The topological polar surface area (TPSA) is 0 Å². The first-order valence-electron chi connectivity index (χ1n) is 5.41. The van der Waals surface area contributed by atoms with Crippen molar-refractivity contribution in [3.05, 3.63) is 72.4 Å². The van der Waals surface area contributed by atoms with Gasteiger partial charge >= 0.3 is 0 Å². The van der Waals surface area contributed by atoms with Crippen LogP contribution in [0, 0.1) is 0 Å². The fraction of sp³-hybridized carbons (Fsp3) is 0.200. The Kier molecular flexibility index (Phi) is 5.87. The van der Waals surface area contributed by atoms with Gasteiger partial charge in [0.1, 0.15) is 0 Å². The Hall–Kier alpha value is -1.08. The predicted octanol–water partition coefficient (Wildman–Crippen LogP) is 5.20. The summed E-state index contributed by atoms with van der Waals surface area (Å²) in [4.78, 5) is 0.370. The Morgan fingerprint density at radius 3 is 2.62 bits per heavy atom. The molecule has 0 saturated carbocycles. The molecule has 16 heavy (non-hydrogen) atoms. The Morgan fingerprint density at radius 2 is 2.06 bits per heavy atom. The molecule has 0 saturated heterocycles. The summed E-state index contributed by atoms with van der Waals surface area (Å²) in [5.41, 5.74) is 2.62. The number of halogens is 1. The van der Waals surface area contributed by atoms with E-state index >= 15 is 0 Å². The molecule has 0 bridgehead atoms. The van der Waals surface area contributed by atoms with Gasteiger partial charge in [0.25, 0.3) is 0 Å². The van der Waals surface area contributed by atoms with Crippen LogP contribution in [0.2, 0.25) is 0 Å². The van der Waals surface area contributed by atoms with E-state index in [9.17, 15) is 0 Å². The highest BCUT2D eigenvalue weighted by molar-refractivity contribution is 9.09. The van der Waals surface area contributed by atoms with Gasteiger partial charge in [-0.1, -0.05) is 82.7 Å². The molecule has 0 fully saturated rings. The quantitative estimate of drug-likeness (QED) is 0.512. The Morgan fingerprint density at radius 1 is 1.38 bits per heavy atom. The van der Waals surface area contributed by atoms with Gasteiger partial charge in [-0.05, 0) is 18.9 Å². The number of allylic oxidation sites excluding steroid dienone is 5. The monoisotopic (exact) mass is 276 g/mol. The molecule has 0 spiro atoms. The fourth-order valence-electron chi connectivity index (χ4n) is 1.46. The van der Waals surface area contributed by atoms with Gasteiger partial charge in [0.05, 0.1) is 0 Å². The van der Waals surface area contributed by atoms with Crippen LogP contribution in [0.15, 0.2) is 66.8 Å². The van der Waals surface area contributed by atoms with Crippen molar-refractivity contribution in [1.82, 2.24) is 0 Å². The average Bonchev–Trinajstić information content (AvgIpc) is 2.35. The van der Waals surface area contributed by atoms with Crippen LogP contribution < -0.4 is 0 Å². The Labute approximate surface area is 107 Å². The smallest absolute Gasteiger partial charge is 0.0435 e. The van der Waals surface area contributed by atoms with Gasteiger partial charge in [-0.3, -0.25) is 0 Å². The highest BCUT2D eigenvalue weighted by Crippen LogP contribution is 2.29. The van der Waals surface area contributed by atoms with Crippen LogP contribution >= 0.6 is 15.9 Å². The minimum atomic E-state index is 0.370. The lowest BCUT2D eigenvalue weighted by molar-refractivity contribution is 0.951. The number of hydrogen-bond acceptors (Lipinski definition) is 0. The van der Waals surface area contributed by atoms with Gasteiger partial charge in [0.15, 0.2) is 0 Å². The van der Waals surface area contributed by atoms with Crippen LogP contribution in [0.1, 0.15) is 23.7 Å². The summed E-state index contributed by atoms with van der Waals surface area (Å²) in [6.45, 7) is 5.74. The van der Waals surface area contributed by atoms with Crippen molar-refractivity contribution in [3.63, 3.8) is 0 Å². The number of benzene rings is 1. The summed E-state index contributed by atoms with van der Waals surface area (Å²) >= 11 is 3.72. The van der Waals surface area contributed by atoms with Crippen molar-refractivity contribution in [3.8, 4) is 0 Å². The third-order valence-corrected chi connectivity index (χ3v) is 3.25. The van der Waals surface area contributed by atoms with Gasteiger partial charge < -0.3 is 0 Å². The van der Waals surface area contributed by atoms with Gasteiger partial charge in [0, 0.05) is 4.83 Å². The van der Waals surface area contributed by atoms with Gasteiger partial charge in [-0.25, -0.2) is 0 Å². The third kappa shape index (κ3) is 4.19. The van der Waals surface area contributed by atoms with Crippen molar-refractivity contribution in [1.29, 1.82) is 0 Å². The van der Waals surface area contributed by atoms with Crippen LogP contribution in [-0.4, -0.2) is 0 Å². The van der Waals surface area contributed by atoms with E-state index in [0.29, 0.717) is 4.83 Å². The lowest BCUT2D eigenvalue weighted by Gasteiger charge is -2.10. The minimum Gasteiger partial charge on any atom is -0.0991 e. The molecule has 0 amide bonds. The summed E-state index contributed by atoms with van der Waals surface area (Å²) in [5, 5.41) is 0. The molecule has 1 aromatic carbocycles. The van der Waals surface area contributed by atoms with E-state index in [-0.39, 0.29) is 0 Å². The molecule has 0 nitrogen and oxygen atoms in total. The maximum Gasteiger partial charge on any atom is 0.0435 e. The van der Waals surface area contributed by atoms with Gasteiger partial charge in [-0.2, -0.15) is 0 Å². The molecule has 84 valence electrons. The molecule has 0 heterocycles. The second-order valence-corrected chi connectivity index (χ2v) is 4.65. The first-order valence-corrected chi connectivity index (χ1v) is 6.32. The van der Waals surface area contributed by atoms with E-state index < -0.39 is 0 Å². The van der Waals surface area contributed by atoms with Crippen LogP contribution in [0.5, 0.6) is 0 Å². The molecule has 0 N–H and O–H groups in total. The molecule has 0 radical (unpaired) electrons. The highest BCUT2D eigenvalue weighted by atomic mass is 79.9. The minimum absolute atomic E-state index is 0.370. The Bertz CT molecular complexity index is 374. The van der Waals surface area contributed by atoms with E-state index in [4.69, 9.17) is 0 Å². The van der Waals surface area contributed by atoms with Crippen molar-refractivity contribution < 1.29 is 0 Å². The summed E-state index contributed by atoms with van der Waals surface area (Å²) in [7, 11) is 0. The van der Waals surface area contributed by atoms with E-state index in [1.165, 1.54) is 11.1 Å². The van der Waals surface area contributed by atoms with Gasteiger partial charge in [0.2, 0.25) is 0 Å². The number of alkyl halides is 1. The van der Waals surface area contributed by atoms with E-state index in [0.717, 1.165) is 6.42 Å².